The molecular formula is C48H33NOSi. The molecule has 0 saturated heterocycles. The third-order valence-electron chi connectivity index (χ3n) is 11.0. The van der Waals surface area contributed by atoms with E-state index < -0.39 is 13.5 Å². The van der Waals surface area contributed by atoms with Crippen molar-refractivity contribution in [3.63, 3.8) is 0 Å². The quantitative estimate of drug-likeness (QED) is 0.131. The number of hydrogen-bond acceptors (Lipinski definition) is 2. The number of aromatic nitrogens is 1. The van der Waals surface area contributed by atoms with Gasteiger partial charge in [-0.15, -0.1) is 0 Å². The van der Waals surface area contributed by atoms with Crippen LogP contribution >= 0.6 is 0 Å². The smallest absolute Gasteiger partial charge is 0.227 e. The molecule has 0 fully saturated rings. The molecule has 1 aliphatic carbocycles. The van der Waals surface area contributed by atoms with Crippen molar-refractivity contribution in [2.75, 3.05) is 0 Å². The second-order valence-corrected chi connectivity index (χ2v) is 17.2. The molecule has 10 rings (SSSR count). The van der Waals surface area contributed by atoms with Gasteiger partial charge in [0.05, 0.1) is 5.41 Å². The first-order valence-corrected chi connectivity index (χ1v) is 19.5. The van der Waals surface area contributed by atoms with E-state index in [1.165, 1.54) is 54.1 Å². The van der Waals surface area contributed by atoms with Crippen LogP contribution in [0.4, 0.5) is 0 Å². The lowest BCUT2D eigenvalue weighted by Crippen LogP contribution is -2.74. The Balaban J connectivity index is 1.27. The molecule has 7 aromatic carbocycles. The first-order valence-electron chi connectivity index (χ1n) is 17.5. The normalized spacial score (nSPS) is 13.3. The lowest BCUT2D eigenvalue weighted by molar-refractivity contribution is 0.653. The molecule has 9 aromatic rings. The summed E-state index contributed by atoms with van der Waals surface area (Å²) < 4.78 is 6.22. The van der Waals surface area contributed by atoms with Crippen LogP contribution in [0.25, 0.3) is 33.2 Å². The fourth-order valence-corrected chi connectivity index (χ4v) is 13.6. The molecule has 0 atom stereocenters. The molecule has 0 unspecified atom stereocenters. The maximum Gasteiger partial charge on any atom is 0.227 e. The van der Waals surface area contributed by atoms with Gasteiger partial charge in [-0.1, -0.05) is 170 Å². The SMILES string of the molecule is c1ccc([Si](c2ccccc2)(c2ccccc2)c2ccc(C3(c4ccc5oc6ncccc6c5c4)c4ccccc4-c4ccccc43)cc2)cc1. The number of pyridine rings is 1. The molecule has 0 amide bonds. The molecule has 3 heteroatoms. The van der Waals surface area contributed by atoms with Crippen molar-refractivity contribution in [1.29, 1.82) is 0 Å². The number of fused-ring (bicyclic) bond motifs is 6. The number of nitrogens with zero attached hydrogens (tertiary/aromatic N) is 1. The van der Waals surface area contributed by atoms with Crippen LogP contribution in [0.3, 0.4) is 0 Å². The Labute approximate surface area is 298 Å². The van der Waals surface area contributed by atoms with Crippen LogP contribution in [0.2, 0.25) is 0 Å². The zero-order valence-corrected chi connectivity index (χ0v) is 28.9. The van der Waals surface area contributed by atoms with Gasteiger partial charge in [0, 0.05) is 17.0 Å². The van der Waals surface area contributed by atoms with Gasteiger partial charge in [0.15, 0.2) is 8.07 Å². The average Bonchev–Trinajstić information content (AvgIpc) is 3.73. The van der Waals surface area contributed by atoms with Crippen LogP contribution in [0.5, 0.6) is 0 Å². The highest BCUT2D eigenvalue weighted by atomic mass is 28.3. The first-order chi connectivity index (χ1) is 25.3. The lowest BCUT2D eigenvalue weighted by atomic mass is 9.67. The Bertz CT molecular complexity index is 2540. The Morgan fingerprint density at radius 3 is 1.47 bits per heavy atom. The van der Waals surface area contributed by atoms with E-state index in [-0.39, 0.29) is 0 Å². The second kappa shape index (κ2) is 11.7. The molecule has 51 heavy (non-hydrogen) atoms. The molecule has 0 N–H and O–H groups in total. The van der Waals surface area contributed by atoms with E-state index in [0.717, 1.165) is 16.4 Å². The summed E-state index contributed by atoms with van der Waals surface area (Å²) in [5, 5.41) is 7.57. The van der Waals surface area contributed by atoms with Gasteiger partial charge >= 0.3 is 0 Å². The van der Waals surface area contributed by atoms with Gasteiger partial charge < -0.3 is 4.42 Å². The van der Waals surface area contributed by atoms with E-state index in [1.807, 2.05) is 6.07 Å². The monoisotopic (exact) mass is 667 g/mol. The standard InChI is InChI=1S/C48H33NOSi/c1-4-15-36(16-5-1)51(37-17-6-2-7-18-37,38-19-8-3-9-20-38)39-29-26-34(27-30-39)48(44-24-12-10-21-40(44)41-22-11-13-25-45(41)48)35-28-31-46-43(33-35)42-23-14-32-49-47(42)50-46/h1-33H. The van der Waals surface area contributed by atoms with Crippen molar-refractivity contribution in [3.8, 4) is 11.1 Å². The lowest BCUT2D eigenvalue weighted by Gasteiger charge is -2.36. The van der Waals surface area contributed by atoms with E-state index in [4.69, 9.17) is 4.42 Å². The third-order valence-corrected chi connectivity index (χ3v) is 15.8. The van der Waals surface area contributed by atoms with Crippen LogP contribution in [-0.4, -0.2) is 13.1 Å². The topological polar surface area (TPSA) is 26.0 Å². The van der Waals surface area contributed by atoms with Gasteiger partial charge in [0.1, 0.15) is 5.58 Å². The predicted octanol–water partition coefficient (Wildman–Crippen LogP) is 8.72. The fourth-order valence-electron chi connectivity index (χ4n) is 8.90. The van der Waals surface area contributed by atoms with Crippen molar-refractivity contribution < 1.29 is 4.42 Å². The summed E-state index contributed by atoms with van der Waals surface area (Å²) in [6, 6.07) is 71.8. The zero-order chi connectivity index (χ0) is 33.8. The highest BCUT2D eigenvalue weighted by Crippen LogP contribution is 2.56. The van der Waals surface area contributed by atoms with Crippen molar-refractivity contribution in [3.05, 3.63) is 223 Å². The van der Waals surface area contributed by atoms with Crippen molar-refractivity contribution in [1.82, 2.24) is 4.98 Å². The molecule has 0 spiro atoms. The molecule has 0 aliphatic heterocycles. The van der Waals surface area contributed by atoms with Gasteiger partial charge in [-0.3, -0.25) is 0 Å². The van der Waals surface area contributed by atoms with E-state index in [9.17, 15) is 0 Å². The van der Waals surface area contributed by atoms with Gasteiger partial charge in [-0.05, 0) is 78.4 Å². The predicted molar refractivity (Wildman–Crippen MR) is 212 cm³/mol. The van der Waals surface area contributed by atoms with E-state index in [0.29, 0.717) is 5.71 Å². The molecule has 0 saturated carbocycles. The highest BCUT2D eigenvalue weighted by molar-refractivity contribution is 7.19. The van der Waals surface area contributed by atoms with E-state index in [1.54, 1.807) is 6.20 Å². The molecule has 2 heterocycles. The van der Waals surface area contributed by atoms with Gasteiger partial charge in [0.25, 0.3) is 0 Å². The Morgan fingerprint density at radius 2 is 0.902 bits per heavy atom. The van der Waals surface area contributed by atoms with Crippen LogP contribution in [0.15, 0.2) is 205 Å². The molecule has 2 nitrogen and oxygen atoms in total. The summed E-state index contributed by atoms with van der Waals surface area (Å²) >= 11 is 0. The molecule has 0 bridgehead atoms. The number of hydrogen-bond donors (Lipinski definition) is 0. The molecule has 0 radical (unpaired) electrons. The summed E-state index contributed by atoms with van der Waals surface area (Å²) in [7, 11) is -2.69. The van der Waals surface area contributed by atoms with Crippen LogP contribution in [0.1, 0.15) is 22.3 Å². The van der Waals surface area contributed by atoms with E-state index >= 15 is 0 Å². The minimum atomic E-state index is -2.69. The summed E-state index contributed by atoms with van der Waals surface area (Å²) in [5.41, 5.74) is 8.57. The van der Waals surface area contributed by atoms with Crippen molar-refractivity contribution in [2.45, 2.75) is 5.41 Å². The molecule has 240 valence electrons. The Hall–Kier alpha value is -6.29. The fraction of sp³-hybridized carbons (Fsp3) is 0.0208. The van der Waals surface area contributed by atoms with E-state index in [2.05, 4.69) is 193 Å². The number of benzene rings is 7. The Kier molecular flexibility index (Phi) is 6.77. The number of rotatable bonds is 6. The maximum absolute atomic E-state index is 6.22. The minimum absolute atomic E-state index is 0.540. The summed E-state index contributed by atoms with van der Waals surface area (Å²) in [6.07, 6.45) is 1.79. The highest BCUT2D eigenvalue weighted by Gasteiger charge is 2.47. The largest absolute Gasteiger partial charge is 0.438 e. The first kappa shape index (κ1) is 29.6. The van der Waals surface area contributed by atoms with Crippen LogP contribution in [0, 0.1) is 0 Å². The summed E-state index contributed by atoms with van der Waals surface area (Å²) in [4.78, 5) is 4.54. The molecular weight excluding hydrogens is 635 g/mol. The van der Waals surface area contributed by atoms with Crippen LogP contribution < -0.4 is 20.7 Å². The summed E-state index contributed by atoms with van der Waals surface area (Å²) in [6.45, 7) is 0. The van der Waals surface area contributed by atoms with Crippen LogP contribution in [-0.2, 0) is 5.41 Å². The Morgan fingerprint density at radius 1 is 0.412 bits per heavy atom. The minimum Gasteiger partial charge on any atom is -0.438 e. The molecule has 2 aromatic heterocycles. The number of furan rings is 1. The van der Waals surface area contributed by atoms with Gasteiger partial charge in [-0.2, -0.15) is 0 Å². The molecule has 1 aliphatic rings. The summed E-state index contributed by atoms with van der Waals surface area (Å²) in [5.74, 6) is 0. The second-order valence-electron chi connectivity index (χ2n) is 13.4. The van der Waals surface area contributed by atoms with Crippen molar-refractivity contribution >= 4 is 50.9 Å². The third kappa shape index (κ3) is 4.25. The van der Waals surface area contributed by atoms with Gasteiger partial charge in [-0.25, -0.2) is 4.98 Å². The van der Waals surface area contributed by atoms with Gasteiger partial charge in [0.2, 0.25) is 5.71 Å². The van der Waals surface area contributed by atoms with Crippen molar-refractivity contribution in [2.24, 2.45) is 0 Å². The average molecular weight is 668 g/mol. The maximum atomic E-state index is 6.22. The zero-order valence-electron chi connectivity index (χ0n) is 27.9.